The minimum absolute atomic E-state index is 0.158. The number of anilines is 1. The molecule has 0 saturated carbocycles. The Labute approximate surface area is 170 Å². The monoisotopic (exact) mass is 391 g/mol. The molecular formula is C23H25N3O3. The van der Waals surface area contributed by atoms with Gasteiger partial charge in [-0.1, -0.05) is 19.1 Å². The first kappa shape index (κ1) is 20.4. The summed E-state index contributed by atoms with van der Waals surface area (Å²) in [6.07, 6.45) is 3.44. The molecule has 2 aromatic rings. The molecule has 1 fully saturated rings. The van der Waals surface area contributed by atoms with Crippen LogP contribution in [0.5, 0.6) is 0 Å². The molecule has 1 aliphatic heterocycles. The molecule has 1 saturated heterocycles. The Bertz CT molecular complexity index is 941. The third kappa shape index (κ3) is 4.40. The maximum absolute atomic E-state index is 12.4. The Morgan fingerprint density at radius 1 is 1.10 bits per heavy atom. The van der Waals surface area contributed by atoms with Crippen molar-refractivity contribution in [1.29, 1.82) is 5.26 Å². The number of carboxylic acids is 1. The smallest absolute Gasteiger partial charge is 0.335 e. The highest BCUT2D eigenvalue weighted by Gasteiger charge is 2.29. The van der Waals surface area contributed by atoms with E-state index in [1.54, 1.807) is 18.2 Å². The predicted molar refractivity (Wildman–Crippen MR) is 111 cm³/mol. The topological polar surface area (TPSA) is 107 Å². The summed E-state index contributed by atoms with van der Waals surface area (Å²) in [5.41, 5.74) is 9.08. The number of rotatable bonds is 6. The Kier molecular flexibility index (Phi) is 6.18. The maximum atomic E-state index is 12.4. The van der Waals surface area contributed by atoms with E-state index in [0.717, 1.165) is 37.2 Å². The number of nitriles is 1. The van der Waals surface area contributed by atoms with E-state index in [9.17, 15) is 14.9 Å². The predicted octanol–water partition coefficient (Wildman–Crippen LogP) is 3.62. The van der Waals surface area contributed by atoms with Crippen LogP contribution >= 0.6 is 0 Å². The van der Waals surface area contributed by atoms with Gasteiger partial charge in [0.1, 0.15) is 0 Å². The molecule has 2 atom stereocenters. The first-order valence-corrected chi connectivity index (χ1v) is 9.84. The number of hydrogen-bond donors (Lipinski definition) is 2. The minimum Gasteiger partial charge on any atom is -0.478 e. The fraction of sp³-hybridized carbons (Fsp3) is 0.348. The van der Waals surface area contributed by atoms with Gasteiger partial charge in [0.15, 0.2) is 0 Å². The summed E-state index contributed by atoms with van der Waals surface area (Å²) >= 11 is 0. The third-order valence-electron chi connectivity index (χ3n) is 5.67. The van der Waals surface area contributed by atoms with E-state index in [0.29, 0.717) is 11.1 Å². The van der Waals surface area contributed by atoms with Gasteiger partial charge in [-0.05, 0) is 66.6 Å². The number of benzene rings is 2. The Morgan fingerprint density at radius 2 is 1.76 bits per heavy atom. The number of carboxylic acid groups (broad SMARTS) is 1. The van der Waals surface area contributed by atoms with Gasteiger partial charge in [-0.2, -0.15) is 5.26 Å². The molecule has 0 bridgehead atoms. The van der Waals surface area contributed by atoms with Crippen LogP contribution in [-0.4, -0.2) is 30.1 Å². The van der Waals surface area contributed by atoms with E-state index in [2.05, 4.69) is 11.0 Å². The van der Waals surface area contributed by atoms with Crippen LogP contribution in [0.2, 0.25) is 0 Å². The van der Waals surface area contributed by atoms with Gasteiger partial charge >= 0.3 is 5.97 Å². The van der Waals surface area contributed by atoms with Gasteiger partial charge in [-0.3, -0.25) is 4.79 Å². The van der Waals surface area contributed by atoms with Crippen molar-refractivity contribution in [2.45, 2.75) is 38.0 Å². The van der Waals surface area contributed by atoms with Crippen molar-refractivity contribution < 1.29 is 14.7 Å². The van der Waals surface area contributed by atoms with Gasteiger partial charge in [0, 0.05) is 18.8 Å². The molecular weight excluding hydrogens is 366 g/mol. The number of hydrogen-bond acceptors (Lipinski definition) is 4. The van der Waals surface area contributed by atoms with Crippen LogP contribution in [0.25, 0.3) is 0 Å². The van der Waals surface area contributed by atoms with Crippen molar-refractivity contribution in [1.82, 2.24) is 0 Å². The van der Waals surface area contributed by atoms with Crippen LogP contribution in [-0.2, 0) is 4.79 Å². The second-order valence-electron chi connectivity index (χ2n) is 7.53. The van der Waals surface area contributed by atoms with Crippen molar-refractivity contribution in [3.8, 4) is 6.07 Å². The molecule has 0 radical (unpaired) electrons. The zero-order valence-corrected chi connectivity index (χ0v) is 16.5. The summed E-state index contributed by atoms with van der Waals surface area (Å²) in [7, 11) is 0. The number of carbonyl (C=O) groups is 2. The van der Waals surface area contributed by atoms with Gasteiger partial charge < -0.3 is 15.7 Å². The first-order valence-electron chi connectivity index (χ1n) is 9.84. The molecule has 1 heterocycles. The lowest BCUT2D eigenvalue weighted by Crippen LogP contribution is -2.32. The first-order chi connectivity index (χ1) is 13.9. The van der Waals surface area contributed by atoms with Crippen molar-refractivity contribution in [2.75, 3.05) is 18.0 Å². The lowest BCUT2D eigenvalue weighted by molar-refractivity contribution is -0.119. The zero-order valence-electron chi connectivity index (χ0n) is 16.5. The van der Waals surface area contributed by atoms with Gasteiger partial charge in [0.05, 0.1) is 23.1 Å². The standard InChI is InChI=1S/C23H25N3O3/c1-15(21(22(25)27)17-6-8-18(9-7-17)23(28)29)19-13-16(14-24)5-10-20(19)26-11-3-2-4-12-26/h5-10,13,15,21H,2-4,11-12H2,1H3,(H2,25,27)(H,28,29). The molecule has 3 rings (SSSR count). The van der Waals surface area contributed by atoms with Gasteiger partial charge in [0.2, 0.25) is 5.91 Å². The molecule has 3 N–H and O–H groups in total. The van der Waals surface area contributed by atoms with E-state index in [-0.39, 0.29) is 11.5 Å². The average molecular weight is 391 g/mol. The molecule has 1 amide bonds. The quantitative estimate of drug-likeness (QED) is 0.782. The average Bonchev–Trinajstić information content (AvgIpc) is 2.74. The lowest BCUT2D eigenvalue weighted by Gasteiger charge is -2.33. The summed E-state index contributed by atoms with van der Waals surface area (Å²) in [6.45, 7) is 3.82. The maximum Gasteiger partial charge on any atom is 0.335 e. The summed E-state index contributed by atoms with van der Waals surface area (Å²) in [5, 5.41) is 18.5. The molecule has 2 aromatic carbocycles. The summed E-state index contributed by atoms with van der Waals surface area (Å²) in [4.78, 5) is 25.8. The molecule has 150 valence electrons. The number of primary amides is 1. The van der Waals surface area contributed by atoms with Crippen LogP contribution in [0, 0.1) is 11.3 Å². The Balaban J connectivity index is 2.03. The lowest BCUT2D eigenvalue weighted by atomic mass is 9.80. The SMILES string of the molecule is CC(c1cc(C#N)ccc1N1CCCCC1)C(C(N)=O)c1ccc(C(=O)O)cc1. The molecule has 0 aliphatic carbocycles. The fourth-order valence-electron chi connectivity index (χ4n) is 4.12. The molecule has 6 nitrogen and oxygen atoms in total. The highest BCUT2D eigenvalue weighted by molar-refractivity contribution is 5.88. The Hall–Kier alpha value is -3.33. The summed E-state index contributed by atoms with van der Waals surface area (Å²) < 4.78 is 0. The second-order valence-corrected chi connectivity index (χ2v) is 7.53. The summed E-state index contributed by atoms with van der Waals surface area (Å²) in [6, 6.07) is 14.0. The van der Waals surface area contributed by atoms with Crippen molar-refractivity contribution in [2.24, 2.45) is 5.73 Å². The summed E-state index contributed by atoms with van der Waals surface area (Å²) in [5.74, 6) is -2.40. The van der Waals surface area contributed by atoms with Gasteiger partial charge in [-0.15, -0.1) is 0 Å². The van der Waals surface area contributed by atoms with Crippen LogP contribution in [0.3, 0.4) is 0 Å². The van der Waals surface area contributed by atoms with E-state index in [1.165, 1.54) is 18.6 Å². The molecule has 29 heavy (non-hydrogen) atoms. The van der Waals surface area contributed by atoms with Crippen LogP contribution < -0.4 is 10.6 Å². The second kappa shape index (κ2) is 8.78. The molecule has 6 heteroatoms. The zero-order chi connectivity index (χ0) is 21.0. The normalized spacial score (nSPS) is 15.9. The highest BCUT2D eigenvalue weighted by atomic mass is 16.4. The largest absolute Gasteiger partial charge is 0.478 e. The number of aromatic carboxylic acids is 1. The molecule has 0 spiro atoms. The fourth-order valence-corrected chi connectivity index (χ4v) is 4.12. The van der Waals surface area contributed by atoms with E-state index in [1.807, 2.05) is 19.1 Å². The van der Waals surface area contributed by atoms with Crippen LogP contribution in [0.1, 0.15) is 65.1 Å². The third-order valence-corrected chi connectivity index (χ3v) is 5.67. The van der Waals surface area contributed by atoms with Gasteiger partial charge in [0.25, 0.3) is 0 Å². The highest BCUT2D eigenvalue weighted by Crippen LogP contribution is 2.39. The van der Waals surface area contributed by atoms with Crippen LogP contribution in [0.15, 0.2) is 42.5 Å². The number of piperidine rings is 1. The molecule has 1 aliphatic rings. The van der Waals surface area contributed by atoms with Crippen molar-refractivity contribution in [3.05, 3.63) is 64.7 Å². The minimum atomic E-state index is -1.02. The Morgan fingerprint density at radius 3 is 2.31 bits per heavy atom. The van der Waals surface area contributed by atoms with E-state index >= 15 is 0 Å². The number of nitrogens with two attached hydrogens (primary N) is 1. The van der Waals surface area contributed by atoms with E-state index in [4.69, 9.17) is 10.8 Å². The molecule has 0 aromatic heterocycles. The van der Waals surface area contributed by atoms with Gasteiger partial charge in [-0.25, -0.2) is 4.79 Å². The van der Waals surface area contributed by atoms with Crippen molar-refractivity contribution in [3.63, 3.8) is 0 Å². The number of carbonyl (C=O) groups excluding carboxylic acids is 1. The number of amides is 1. The number of nitrogens with zero attached hydrogens (tertiary/aromatic N) is 2. The van der Waals surface area contributed by atoms with E-state index < -0.39 is 17.8 Å². The molecule has 2 unspecified atom stereocenters. The van der Waals surface area contributed by atoms with Crippen LogP contribution in [0.4, 0.5) is 5.69 Å². The van der Waals surface area contributed by atoms with Crippen molar-refractivity contribution >= 4 is 17.6 Å².